The molecule has 3 saturated carbocycles. The zero-order valence-electron chi connectivity index (χ0n) is 24.0. The molecule has 0 amide bonds. The van der Waals surface area contributed by atoms with Gasteiger partial charge in [-0.05, 0) is 130 Å². The highest BCUT2D eigenvalue weighted by atomic mass is 15.0. The van der Waals surface area contributed by atoms with Gasteiger partial charge in [-0.3, -0.25) is 0 Å². The molecule has 202 valence electrons. The molecule has 37 heavy (non-hydrogen) atoms. The van der Waals surface area contributed by atoms with Crippen molar-refractivity contribution in [2.45, 2.75) is 51.9 Å². The molecule has 0 aromatic carbocycles. The van der Waals surface area contributed by atoms with Crippen LogP contribution in [0.5, 0.6) is 0 Å². The lowest BCUT2D eigenvalue weighted by molar-refractivity contribution is 0.212. The quantitative estimate of drug-likeness (QED) is 0.242. The summed E-state index contributed by atoms with van der Waals surface area (Å²) in [4.78, 5) is 2.33. The van der Waals surface area contributed by atoms with E-state index in [4.69, 9.17) is 0 Å². The third-order valence-electron chi connectivity index (χ3n) is 10.8. The first kappa shape index (κ1) is 28.2. The van der Waals surface area contributed by atoms with E-state index in [2.05, 4.69) is 113 Å². The predicted octanol–water partition coefficient (Wildman–Crippen LogP) is 8.91. The minimum atomic E-state index is 0.360. The van der Waals surface area contributed by atoms with E-state index in [0.717, 1.165) is 18.9 Å². The summed E-state index contributed by atoms with van der Waals surface area (Å²) in [5.74, 6) is 6.42. The largest absolute Gasteiger partial charge is 0.309 e. The summed E-state index contributed by atoms with van der Waals surface area (Å²) in [5.41, 5.74) is 0.360. The van der Waals surface area contributed by atoms with Crippen molar-refractivity contribution >= 4 is 0 Å². The first-order chi connectivity index (χ1) is 17.8. The van der Waals surface area contributed by atoms with Crippen LogP contribution < -0.4 is 0 Å². The molecule has 0 N–H and O–H groups in total. The Balaban J connectivity index is 1.48. The molecule has 0 aliphatic heterocycles. The van der Waals surface area contributed by atoms with Crippen LogP contribution in [0.25, 0.3) is 0 Å². The van der Waals surface area contributed by atoms with Crippen LogP contribution in [0.15, 0.2) is 87.1 Å². The third-order valence-corrected chi connectivity index (χ3v) is 10.8. The Morgan fingerprint density at radius 2 is 1.59 bits per heavy atom. The summed E-state index contributed by atoms with van der Waals surface area (Å²) in [7, 11) is 4.39. The molecule has 1 nitrogen and oxygen atoms in total. The Labute approximate surface area is 228 Å². The molecular weight excluding hydrogens is 446 g/mol. The number of hydrogen-bond acceptors (Lipinski definition) is 1. The molecule has 4 rings (SSSR count). The Hall–Kier alpha value is -1.86. The molecule has 4 aliphatic carbocycles. The van der Waals surface area contributed by atoms with Crippen LogP contribution in [-0.4, -0.2) is 25.5 Å². The van der Waals surface area contributed by atoms with Gasteiger partial charge in [0.1, 0.15) is 0 Å². The minimum absolute atomic E-state index is 0.360. The number of rotatable bonds is 12. The number of nitrogens with zero attached hydrogens (tertiary/aromatic N) is 1. The fraction of sp³-hybridized carbons (Fsp3) is 0.611. The van der Waals surface area contributed by atoms with Gasteiger partial charge in [0.15, 0.2) is 0 Å². The van der Waals surface area contributed by atoms with Crippen molar-refractivity contribution in [2.24, 2.45) is 64.6 Å². The Morgan fingerprint density at radius 1 is 0.865 bits per heavy atom. The molecule has 3 fully saturated rings. The highest BCUT2D eigenvalue weighted by Crippen LogP contribution is 2.52. The van der Waals surface area contributed by atoms with Gasteiger partial charge in [-0.2, -0.15) is 0 Å². The smallest absolute Gasteiger partial charge is 0.00194 e. The van der Waals surface area contributed by atoms with Crippen molar-refractivity contribution < 1.29 is 0 Å². The van der Waals surface area contributed by atoms with Crippen molar-refractivity contribution in [3.05, 3.63) is 87.1 Å². The summed E-state index contributed by atoms with van der Waals surface area (Å²) in [6.45, 7) is 20.4. The molecule has 0 aromatic rings. The van der Waals surface area contributed by atoms with Gasteiger partial charge in [-0.25, -0.2) is 0 Å². The maximum atomic E-state index is 4.31. The highest BCUT2D eigenvalue weighted by molar-refractivity contribution is 5.18. The lowest BCUT2D eigenvalue weighted by atomic mass is 9.75. The SMILES string of the molecule is C=CCC1C(/C=C\C2CC(C=C)CC2(C)CCN(C)C)CC(/C=C\C2CC(C=C)C3C=CCC23)C1C=C. The van der Waals surface area contributed by atoms with Crippen molar-refractivity contribution in [2.75, 3.05) is 20.6 Å². The van der Waals surface area contributed by atoms with E-state index < -0.39 is 0 Å². The van der Waals surface area contributed by atoms with Gasteiger partial charge >= 0.3 is 0 Å². The summed E-state index contributed by atoms with van der Waals surface area (Å²) < 4.78 is 0. The topological polar surface area (TPSA) is 3.24 Å². The van der Waals surface area contributed by atoms with Gasteiger partial charge in [-0.15, -0.1) is 26.3 Å². The van der Waals surface area contributed by atoms with Crippen LogP contribution in [0.1, 0.15) is 51.9 Å². The second kappa shape index (κ2) is 12.3. The van der Waals surface area contributed by atoms with Crippen LogP contribution in [0.4, 0.5) is 0 Å². The molecular formula is C36H53N. The average molecular weight is 500 g/mol. The van der Waals surface area contributed by atoms with Gasteiger partial charge in [0, 0.05) is 0 Å². The maximum Gasteiger partial charge on any atom is -0.00194 e. The molecule has 0 spiro atoms. The molecule has 0 radical (unpaired) electrons. The maximum absolute atomic E-state index is 4.31. The normalized spacial score (nSPS) is 43.2. The number of allylic oxidation sites excluding steroid dienone is 10. The van der Waals surface area contributed by atoms with Gasteiger partial charge in [0.05, 0.1) is 0 Å². The highest BCUT2D eigenvalue weighted by Gasteiger charge is 2.44. The van der Waals surface area contributed by atoms with Gasteiger partial charge in [0.25, 0.3) is 0 Å². The van der Waals surface area contributed by atoms with Crippen molar-refractivity contribution in [1.29, 1.82) is 0 Å². The summed E-state index contributed by atoms with van der Waals surface area (Å²) >= 11 is 0. The molecule has 0 bridgehead atoms. The van der Waals surface area contributed by atoms with E-state index >= 15 is 0 Å². The second-order valence-corrected chi connectivity index (χ2v) is 13.3. The Kier molecular flexibility index (Phi) is 9.38. The first-order valence-corrected chi connectivity index (χ1v) is 15.0. The van der Waals surface area contributed by atoms with Gasteiger partial charge in [0.2, 0.25) is 0 Å². The zero-order valence-corrected chi connectivity index (χ0v) is 24.0. The van der Waals surface area contributed by atoms with E-state index in [1.807, 2.05) is 0 Å². The lowest BCUT2D eigenvalue weighted by Crippen LogP contribution is -2.26. The molecule has 0 saturated heterocycles. The zero-order chi connectivity index (χ0) is 26.6. The van der Waals surface area contributed by atoms with Crippen LogP contribution in [-0.2, 0) is 0 Å². The van der Waals surface area contributed by atoms with Crippen LogP contribution in [0.2, 0.25) is 0 Å². The van der Waals surface area contributed by atoms with Crippen LogP contribution in [0, 0.1) is 64.6 Å². The molecule has 4 aliphatic rings. The van der Waals surface area contributed by atoms with Crippen LogP contribution in [0.3, 0.4) is 0 Å². The van der Waals surface area contributed by atoms with Gasteiger partial charge in [-0.1, -0.05) is 67.7 Å². The molecule has 0 aromatic heterocycles. The number of fused-ring (bicyclic) bond motifs is 1. The fourth-order valence-corrected chi connectivity index (χ4v) is 8.55. The Morgan fingerprint density at radius 3 is 2.27 bits per heavy atom. The van der Waals surface area contributed by atoms with Gasteiger partial charge < -0.3 is 4.90 Å². The van der Waals surface area contributed by atoms with Crippen molar-refractivity contribution in [3.8, 4) is 0 Å². The summed E-state index contributed by atoms with van der Waals surface area (Å²) in [5, 5.41) is 0. The van der Waals surface area contributed by atoms with E-state index in [-0.39, 0.29) is 0 Å². The monoisotopic (exact) mass is 499 g/mol. The fourth-order valence-electron chi connectivity index (χ4n) is 8.55. The summed E-state index contributed by atoms with van der Waals surface area (Å²) in [6, 6.07) is 0. The minimum Gasteiger partial charge on any atom is -0.309 e. The van der Waals surface area contributed by atoms with E-state index in [1.54, 1.807) is 0 Å². The first-order valence-electron chi connectivity index (χ1n) is 15.0. The lowest BCUT2D eigenvalue weighted by Gasteiger charge is -2.31. The molecule has 11 unspecified atom stereocenters. The van der Waals surface area contributed by atoms with Crippen LogP contribution >= 0.6 is 0 Å². The summed E-state index contributed by atoms with van der Waals surface area (Å²) in [6.07, 6.45) is 32.7. The van der Waals surface area contributed by atoms with E-state index in [0.29, 0.717) is 58.7 Å². The third kappa shape index (κ3) is 6.08. The molecule has 0 heterocycles. The predicted molar refractivity (Wildman–Crippen MR) is 162 cm³/mol. The van der Waals surface area contributed by atoms with E-state index in [1.165, 1.54) is 38.5 Å². The number of hydrogen-bond donors (Lipinski definition) is 0. The van der Waals surface area contributed by atoms with E-state index in [9.17, 15) is 0 Å². The average Bonchev–Trinajstić information content (AvgIpc) is 3.63. The standard InChI is InChI=1S/C36H53N/c1-8-13-33-30(18-19-31-22-26(9-2)25-36(31,5)20-21-37(6)7)24-28(32(33)11-4)16-17-29-23-27(10-3)34-14-12-15-35(29)34/h8-12,14,16-19,26-35H,1-4,13,15,20-25H2,5-7H3/b17-16-,19-18-. The molecule has 11 atom stereocenters. The Bertz CT molecular complexity index is 904. The van der Waals surface area contributed by atoms with Crippen molar-refractivity contribution in [1.82, 2.24) is 4.90 Å². The molecule has 1 heteroatoms. The second-order valence-electron chi connectivity index (χ2n) is 13.3. The van der Waals surface area contributed by atoms with Crippen molar-refractivity contribution in [3.63, 3.8) is 0 Å².